The van der Waals surface area contributed by atoms with Gasteiger partial charge in [0.15, 0.2) is 0 Å². The molecule has 0 aromatic heterocycles. The fraction of sp³-hybridized carbons (Fsp3) is 0.333. The minimum absolute atomic E-state index is 0.0260. The van der Waals surface area contributed by atoms with Crippen LogP contribution < -0.4 is 11.5 Å². The molecular weight excluding hydrogens is 182 g/mol. The third-order valence-corrected chi connectivity index (χ3v) is 2.12. The van der Waals surface area contributed by atoms with E-state index in [-0.39, 0.29) is 11.7 Å². The molecule has 0 saturated heterocycles. The number of rotatable bonds is 3. The lowest BCUT2D eigenvalue weighted by molar-refractivity contribution is -0.384. The topological polar surface area (TPSA) is 95.2 Å². The largest absolute Gasteiger partial charge is 0.398 e. The molecule has 1 aromatic rings. The van der Waals surface area contributed by atoms with Crippen molar-refractivity contribution >= 4 is 11.4 Å². The van der Waals surface area contributed by atoms with E-state index in [0.29, 0.717) is 17.7 Å². The van der Waals surface area contributed by atoms with Gasteiger partial charge in [0, 0.05) is 23.9 Å². The minimum atomic E-state index is -0.453. The monoisotopic (exact) mass is 195 g/mol. The fourth-order valence-electron chi connectivity index (χ4n) is 1.22. The smallest absolute Gasteiger partial charge is 0.269 e. The number of hydrogen-bond donors (Lipinski definition) is 2. The van der Waals surface area contributed by atoms with E-state index in [4.69, 9.17) is 11.5 Å². The van der Waals surface area contributed by atoms with Crippen LogP contribution in [0.4, 0.5) is 11.4 Å². The molecule has 1 rings (SSSR count). The van der Waals surface area contributed by atoms with Gasteiger partial charge in [-0.3, -0.25) is 10.1 Å². The second-order valence-electron chi connectivity index (χ2n) is 3.09. The standard InChI is InChI=1S/C9H13N3O2/c1-2-8(10)7-5-6(12(13)14)3-4-9(7)11/h3-5,8H,2,10-11H2,1H3/t8-/m0/s1. The predicted octanol–water partition coefficient (Wildman–Crippen LogP) is 1.59. The van der Waals surface area contributed by atoms with Gasteiger partial charge in [-0.15, -0.1) is 0 Å². The number of nitrogens with zero attached hydrogens (tertiary/aromatic N) is 1. The predicted molar refractivity (Wildman–Crippen MR) is 54.7 cm³/mol. The average Bonchev–Trinajstić information content (AvgIpc) is 2.17. The lowest BCUT2D eigenvalue weighted by Crippen LogP contribution is -2.11. The van der Waals surface area contributed by atoms with Crippen molar-refractivity contribution in [2.75, 3.05) is 5.73 Å². The molecule has 76 valence electrons. The molecule has 1 aromatic carbocycles. The van der Waals surface area contributed by atoms with Crippen LogP contribution in [0.5, 0.6) is 0 Å². The van der Waals surface area contributed by atoms with E-state index in [9.17, 15) is 10.1 Å². The van der Waals surface area contributed by atoms with Crippen LogP contribution in [0.2, 0.25) is 0 Å². The number of benzene rings is 1. The van der Waals surface area contributed by atoms with Gasteiger partial charge in [-0.25, -0.2) is 0 Å². The van der Waals surface area contributed by atoms with E-state index in [1.165, 1.54) is 18.2 Å². The molecule has 0 unspecified atom stereocenters. The average molecular weight is 195 g/mol. The molecule has 0 aliphatic heterocycles. The zero-order valence-corrected chi connectivity index (χ0v) is 7.93. The summed E-state index contributed by atoms with van der Waals surface area (Å²) >= 11 is 0. The van der Waals surface area contributed by atoms with Crippen LogP contribution in [0, 0.1) is 10.1 Å². The minimum Gasteiger partial charge on any atom is -0.398 e. The summed E-state index contributed by atoms with van der Waals surface area (Å²) in [5.74, 6) is 0. The second-order valence-corrected chi connectivity index (χ2v) is 3.09. The van der Waals surface area contributed by atoms with E-state index >= 15 is 0 Å². The molecule has 0 spiro atoms. The number of nitrogens with two attached hydrogens (primary N) is 2. The number of nitrogen functional groups attached to an aromatic ring is 1. The molecule has 0 saturated carbocycles. The first kappa shape index (κ1) is 10.5. The molecular formula is C9H13N3O2. The van der Waals surface area contributed by atoms with E-state index in [2.05, 4.69) is 0 Å². The quantitative estimate of drug-likeness (QED) is 0.435. The Bertz CT molecular complexity index is 352. The molecule has 0 heterocycles. The van der Waals surface area contributed by atoms with Gasteiger partial charge in [0.05, 0.1) is 4.92 Å². The zero-order valence-electron chi connectivity index (χ0n) is 7.93. The Morgan fingerprint density at radius 1 is 1.57 bits per heavy atom. The summed E-state index contributed by atoms with van der Waals surface area (Å²) in [5.41, 5.74) is 12.6. The van der Waals surface area contributed by atoms with Crippen LogP contribution in [-0.4, -0.2) is 4.92 Å². The molecule has 0 radical (unpaired) electrons. The van der Waals surface area contributed by atoms with Gasteiger partial charge in [-0.2, -0.15) is 0 Å². The summed E-state index contributed by atoms with van der Waals surface area (Å²) in [4.78, 5) is 10.0. The number of nitro groups is 1. The summed E-state index contributed by atoms with van der Waals surface area (Å²) in [7, 11) is 0. The van der Waals surface area contributed by atoms with Crippen LogP contribution in [0.1, 0.15) is 24.9 Å². The van der Waals surface area contributed by atoms with Gasteiger partial charge in [0.2, 0.25) is 0 Å². The molecule has 0 fully saturated rings. The number of hydrogen-bond acceptors (Lipinski definition) is 4. The van der Waals surface area contributed by atoms with E-state index < -0.39 is 4.92 Å². The highest BCUT2D eigenvalue weighted by molar-refractivity contribution is 5.53. The first-order valence-electron chi connectivity index (χ1n) is 4.35. The van der Waals surface area contributed by atoms with Gasteiger partial charge >= 0.3 is 0 Å². The summed E-state index contributed by atoms with van der Waals surface area (Å²) in [6, 6.07) is 4.09. The Hall–Kier alpha value is -1.62. The maximum absolute atomic E-state index is 10.5. The van der Waals surface area contributed by atoms with Gasteiger partial charge in [-0.1, -0.05) is 6.92 Å². The second kappa shape index (κ2) is 4.06. The van der Waals surface area contributed by atoms with Crippen LogP contribution in [0.25, 0.3) is 0 Å². The van der Waals surface area contributed by atoms with Crippen molar-refractivity contribution in [2.24, 2.45) is 5.73 Å². The molecule has 0 bridgehead atoms. The highest BCUT2D eigenvalue weighted by atomic mass is 16.6. The van der Waals surface area contributed by atoms with Crippen molar-refractivity contribution in [1.29, 1.82) is 0 Å². The first-order valence-corrected chi connectivity index (χ1v) is 4.35. The van der Waals surface area contributed by atoms with Gasteiger partial charge < -0.3 is 11.5 Å². The molecule has 14 heavy (non-hydrogen) atoms. The molecule has 1 atom stereocenters. The fourth-order valence-corrected chi connectivity index (χ4v) is 1.22. The molecule has 0 amide bonds. The van der Waals surface area contributed by atoms with Crippen LogP contribution in [0.15, 0.2) is 18.2 Å². The summed E-state index contributed by atoms with van der Waals surface area (Å²) in [6.45, 7) is 1.91. The van der Waals surface area contributed by atoms with E-state index in [0.717, 1.165) is 0 Å². The summed E-state index contributed by atoms with van der Waals surface area (Å²) in [6.07, 6.45) is 0.700. The van der Waals surface area contributed by atoms with Crippen molar-refractivity contribution < 1.29 is 4.92 Å². The normalized spacial score (nSPS) is 12.4. The number of non-ortho nitro benzene ring substituents is 1. The number of nitro benzene ring substituents is 1. The van der Waals surface area contributed by atoms with Gasteiger partial charge in [-0.05, 0) is 18.1 Å². The Morgan fingerprint density at radius 3 is 2.71 bits per heavy atom. The zero-order chi connectivity index (χ0) is 10.7. The third-order valence-electron chi connectivity index (χ3n) is 2.12. The molecule has 5 nitrogen and oxygen atoms in total. The van der Waals surface area contributed by atoms with Gasteiger partial charge in [0.1, 0.15) is 0 Å². The van der Waals surface area contributed by atoms with Crippen LogP contribution >= 0.6 is 0 Å². The highest BCUT2D eigenvalue weighted by Gasteiger charge is 2.13. The van der Waals surface area contributed by atoms with E-state index in [1.807, 2.05) is 6.92 Å². The lowest BCUT2D eigenvalue weighted by Gasteiger charge is -2.11. The maximum Gasteiger partial charge on any atom is 0.269 e. The van der Waals surface area contributed by atoms with Crippen LogP contribution in [-0.2, 0) is 0 Å². The lowest BCUT2D eigenvalue weighted by atomic mass is 10.0. The van der Waals surface area contributed by atoms with Crippen molar-refractivity contribution in [1.82, 2.24) is 0 Å². The van der Waals surface area contributed by atoms with Crippen molar-refractivity contribution in [3.8, 4) is 0 Å². The third kappa shape index (κ3) is 2.00. The Labute approximate surface area is 81.9 Å². The Morgan fingerprint density at radius 2 is 2.21 bits per heavy atom. The van der Waals surface area contributed by atoms with Gasteiger partial charge in [0.25, 0.3) is 5.69 Å². The molecule has 5 heteroatoms. The van der Waals surface area contributed by atoms with Crippen molar-refractivity contribution in [3.63, 3.8) is 0 Å². The Kier molecular flexibility index (Phi) is 3.03. The molecule has 0 aliphatic carbocycles. The van der Waals surface area contributed by atoms with Crippen molar-refractivity contribution in [3.05, 3.63) is 33.9 Å². The Balaban J connectivity index is 3.14. The summed E-state index contributed by atoms with van der Waals surface area (Å²) in [5, 5.41) is 10.5. The first-order chi connectivity index (χ1) is 6.56. The highest BCUT2D eigenvalue weighted by Crippen LogP contribution is 2.25. The summed E-state index contributed by atoms with van der Waals surface area (Å²) < 4.78 is 0. The molecule has 0 aliphatic rings. The van der Waals surface area contributed by atoms with Crippen LogP contribution in [0.3, 0.4) is 0 Å². The maximum atomic E-state index is 10.5. The SMILES string of the molecule is CC[C@H](N)c1cc([N+](=O)[O-])ccc1N. The number of anilines is 1. The molecule has 4 N–H and O–H groups in total. The van der Waals surface area contributed by atoms with E-state index in [1.54, 1.807) is 0 Å². The van der Waals surface area contributed by atoms with Crippen molar-refractivity contribution in [2.45, 2.75) is 19.4 Å².